The average Bonchev–Trinajstić information content (AvgIpc) is 2.41. The normalized spacial score (nSPS) is 12.4. The molecule has 1 N–H and O–H groups in total. The molecule has 0 amide bonds. The van der Waals surface area contributed by atoms with Crippen molar-refractivity contribution in [3.63, 3.8) is 0 Å². The molecule has 1 atom stereocenters. The zero-order chi connectivity index (χ0) is 13.0. The number of nitrogens with one attached hydrogen (secondary N) is 1. The Hall–Kier alpha value is -1.45. The fraction of sp³-hybridized carbons (Fsp3) is 0.214. The Balaban J connectivity index is 2.18. The van der Waals surface area contributed by atoms with Crippen LogP contribution in [0.5, 0.6) is 0 Å². The zero-order valence-electron chi connectivity index (χ0n) is 10.0. The molecule has 1 aromatic heterocycles. The standard InChI is InChI=1S/C14H14ClFN2/c1-17-14(11-4-6-18-7-5-11)9-10-2-3-13(16)12(15)8-10/h2-8,14,17H,9H2,1H3. The number of pyridine rings is 1. The van der Waals surface area contributed by atoms with Crippen LogP contribution >= 0.6 is 11.6 Å². The Kier molecular flexibility index (Phi) is 4.28. The molecule has 0 aliphatic heterocycles. The summed E-state index contributed by atoms with van der Waals surface area (Å²) in [6.45, 7) is 0. The number of rotatable bonds is 4. The minimum Gasteiger partial charge on any atom is -0.313 e. The largest absolute Gasteiger partial charge is 0.313 e. The van der Waals surface area contributed by atoms with Crippen molar-refractivity contribution in [2.45, 2.75) is 12.5 Å². The second-order valence-electron chi connectivity index (χ2n) is 4.07. The minimum absolute atomic E-state index is 0.162. The molecule has 1 heterocycles. The van der Waals surface area contributed by atoms with Crippen LogP contribution in [-0.4, -0.2) is 12.0 Å². The SMILES string of the molecule is CNC(Cc1ccc(F)c(Cl)c1)c1ccncc1. The van der Waals surface area contributed by atoms with Crippen LogP contribution in [0.3, 0.4) is 0 Å². The van der Waals surface area contributed by atoms with E-state index >= 15 is 0 Å². The van der Waals surface area contributed by atoms with E-state index in [9.17, 15) is 4.39 Å². The van der Waals surface area contributed by atoms with Crippen LogP contribution in [-0.2, 0) is 6.42 Å². The van der Waals surface area contributed by atoms with Crippen LogP contribution < -0.4 is 5.32 Å². The highest BCUT2D eigenvalue weighted by Crippen LogP contribution is 2.21. The third kappa shape index (κ3) is 3.06. The molecule has 4 heteroatoms. The van der Waals surface area contributed by atoms with Gasteiger partial charge in [0.25, 0.3) is 0 Å². The first-order valence-corrected chi connectivity index (χ1v) is 6.09. The van der Waals surface area contributed by atoms with E-state index in [1.807, 2.05) is 19.2 Å². The minimum atomic E-state index is -0.384. The van der Waals surface area contributed by atoms with E-state index in [1.54, 1.807) is 24.5 Å². The Bertz CT molecular complexity index is 516. The molecule has 2 aromatic rings. The number of benzene rings is 1. The summed E-state index contributed by atoms with van der Waals surface area (Å²) in [5, 5.41) is 3.40. The van der Waals surface area contributed by atoms with Gasteiger partial charge in [0.05, 0.1) is 5.02 Å². The van der Waals surface area contributed by atoms with Crippen molar-refractivity contribution in [2.24, 2.45) is 0 Å². The van der Waals surface area contributed by atoms with Gasteiger partial charge >= 0.3 is 0 Å². The summed E-state index contributed by atoms with van der Waals surface area (Å²) in [6, 6.07) is 8.92. The maximum Gasteiger partial charge on any atom is 0.141 e. The van der Waals surface area contributed by atoms with Gasteiger partial charge in [0.15, 0.2) is 0 Å². The lowest BCUT2D eigenvalue weighted by Gasteiger charge is -2.16. The third-order valence-corrected chi connectivity index (χ3v) is 3.17. The van der Waals surface area contributed by atoms with Gasteiger partial charge in [0.1, 0.15) is 5.82 Å². The lowest BCUT2D eigenvalue weighted by molar-refractivity contribution is 0.588. The number of halogens is 2. The highest BCUT2D eigenvalue weighted by atomic mass is 35.5. The van der Waals surface area contributed by atoms with Gasteiger partial charge in [-0.2, -0.15) is 0 Å². The summed E-state index contributed by atoms with van der Waals surface area (Å²) in [5.41, 5.74) is 2.14. The van der Waals surface area contributed by atoms with Crippen molar-refractivity contribution < 1.29 is 4.39 Å². The summed E-state index contributed by atoms with van der Waals surface area (Å²) in [7, 11) is 1.90. The van der Waals surface area contributed by atoms with Crippen LogP contribution in [0.25, 0.3) is 0 Å². The monoisotopic (exact) mass is 264 g/mol. The van der Waals surface area contributed by atoms with Gasteiger partial charge in [-0.3, -0.25) is 4.98 Å². The van der Waals surface area contributed by atoms with E-state index in [-0.39, 0.29) is 16.9 Å². The van der Waals surface area contributed by atoms with E-state index in [0.29, 0.717) is 0 Å². The van der Waals surface area contributed by atoms with Crippen molar-refractivity contribution in [1.29, 1.82) is 0 Å². The van der Waals surface area contributed by atoms with Gasteiger partial charge in [-0.15, -0.1) is 0 Å². The summed E-state index contributed by atoms with van der Waals surface area (Å²) >= 11 is 5.78. The number of nitrogens with zero attached hydrogens (tertiary/aromatic N) is 1. The lowest BCUT2D eigenvalue weighted by Crippen LogP contribution is -2.18. The van der Waals surface area contributed by atoms with Crippen molar-refractivity contribution in [2.75, 3.05) is 7.05 Å². The first-order valence-electron chi connectivity index (χ1n) is 5.72. The molecule has 0 spiro atoms. The second-order valence-corrected chi connectivity index (χ2v) is 4.48. The molecule has 1 unspecified atom stereocenters. The smallest absolute Gasteiger partial charge is 0.141 e. The van der Waals surface area contributed by atoms with E-state index < -0.39 is 0 Å². The highest BCUT2D eigenvalue weighted by molar-refractivity contribution is 6.30. The van der Waals surface area contributed by atoms with Gasteiger partial charge in [0.2, 0.25) is 0 Å². The Morgan fingerprint density at radius 3 is 2.61 bits per heavy atom. The molecule has 1 aromatic carbocycles. The topological polar surface area (TPSA) is 24.9 Å². The average molecular weight is 265 g/mol. The molecule has 0 bridgehead atoms. The fourth-order valence-electron chi connectivity index (χ4n) is 1.88. The van der Waals surface area contributed by atoms with Crippen LogP contribution in [0.1, 0.15) is 17.2 Å². The fourth-order valence-corrected chi connectivity index (χ4v) is 2.09. The number of hydrogen-bond donors (Lipinski definition) is 1. The maximum atomic E-state index is 13.1. The quantitative estimate of drug-likeness (QED) is 0.916. The van der Waals surface area contributed by atoms with Crippen LogP contribution in [0.15, 0.2) is 42.7 Å². The predicted octanol–water partition coefficient (Wildman–Crippen LogP) is 3.38. The molecule has 2 nitrogen and oxygen atoms in total. The first kappa shape index (κ1) is 13.0. The maximum absolute atomic E-state index is 13.1. The van der Waals surface area contributed by atoms with E-state index in [2.05, 4.69) is 10.3 Å². The first-order chi connectivity index (χ1) is 8.70. The molecule has 94 valence electrons. The Labute approximate surface area is 111 Å². The Morgan fingerprint density at radius 2 is 2.00 bits per heavy atom. The van der Waals surface area contributed by atoms with Gasteiger partial charge in [0, 0.05) is 18.4 Å². The summed E-state index contributed by atoms with van der Waals surface area (Å²) in [5.74, 6) is -0.384. The number of likely N-dealkylation sites (N-methyl/N-ethyl adjacent to an activating group) is 1. The van der Waals surface area contributed by atoms with Crippen molar-refractivity contribution in [3.05, 3.63) is 64.7 Å². The molecular weight excluding hydrogens is 251 g/mol. The molecule has 0 fully saturated rings. The molecule has 0 aliphatic carbocycles. The second kappa shape index (κ2) is 5.94. The van der Waals surface area contributed by atoms with Crippen LogP contribution in [0.2, 0.25) is 5.02 Å². The molecular formula is C14H14ClFN2. The molecule has 0 aliphatic rings. The van der Waals surface area contributed by atoms with Gasteiger partial charge in [-0.25, -0.2) is 4.39 Å². The molecule has 18 heavy (non-hydrogen) atoms. The van der Waals surface area contributed by atoms with Gasteiger partial charge in [-0.05, 0) is 48.9 Å². The van der Waals surface area contributed by atoms with Crippen LogP contribution in [0.4, 0.5) is 4.39 Å². The molecule has 2 rings (SSSR count). The molecule has 0 radical (unpaired) electrons. The van der Waals surface area contributed by atoms with Crippen molar-refractivity contribution in [1.82, 2.24) is 10.3 Å². The summed E-state index contributed by atoms with van der Waals surface area (Å²) in [4.78, 5) is 4.00. The van der Waals surface area contributed by atoms with E-state index in [4.69, 9.17) is 11.6 Å². The highest BCUT2D eigenvalue weighted by Gasteiger charge is 2.10. The van der Waals surface area contributed by atoms with Gasteiger partial charge < -0.3 is 5.32 Å². The third-order valence-electron chi connectivity index (χ3n) is 2.88. The zero-order valence-corrected chi connectivity index (χ0v) is 10.8. The van der Waals surface area contributed by atoms with Crippen molar-refractivity contribution in [3.8, 4) is 0 Å². The summed E-state index contributed by atoms with van der Waals surface area (Å²) < 4.78 is 13.1. The number of aromatic nitrogens is 1. The van der Waals surface area contributed by atoms with E-state index in [1.165, 1.54) is 6.07 Å². The predicted molar refractivity (Wildman–Crippen MR) is 71.2 cm³/mol. The molecule has 0 saturated heterocycles. The van der Waals surface area contributed by atoms with E-state index in [0.717, 1.165) is 17.5 Å². The lowest BCUT2D eigenvalue weighted by atomic mass is 10.00. The summed E-state index contributed by atoms with van der Waals surface area (Å²) in [6.07, 6.45) is 4.27. The van der Waals surface area contributed by atoms with Crippen LogP contribution in [0, 0.1) is 5.82 Å². The number of hydrogen-bond acceptors (Lipinski definition) is 2. The molecule has 0 saturated carbocycles. The Morgan fingerprint density at radius 1 is 1.28 bits per heavy atom. The van der Waals surface area contributed by atoms with Gasteiger partial charge in [-0.1, -0.05) is 17.7 Å². The van der Waals surface area contributed by atoms with Crippen molar-refractivity contribution >= 4 is 11.6 Å².